The van der Waals surface area contributed by atoms with Crippen molar-refractivity contribution in [2.75, 3.05) is 5.43 Å². The fraction of sp³-hybridized carbons (Fsp3) is 0.395. The number of hydrazine groups is 1. The highest BCUT2D eigenvalue weighted by molar-refractivity contribution is 9.10. The fourth-order valence-corrected chi connectivity index (χ4v) is 10.3. The molecule has 8 rings (SSSR count). The standard InChI is InChI=1S/C38H32BrCl2F3N4O5/c39-20-8-13-29(49)26(15-20)31-23-11-12-24-30(35(52)47(33(24)50)22-4-2-1-3-5-22)25(23)16-27-34(51)48(36(53)37(27,31)18-6-9-21(40)10-7-18)46-32-28(41)14-19(17-45-32)38(42,43)44/h6-11,13-15,17,22,24-25,27,30-31,49H,1-5,12,16H2,(H,45,46). The SMILES string of the molecule is O=C1C2CC3C(=CCC4C(=O)N(C5CCCCC5)C(=O)C43)C(c3cc(Br)ccc3O)C2(c2ccc(Cl)cc2)C(=O)N1Nc1ncc(C(F)(F)F)cc1Cl. The normalized spacial score (nSPS) is 28.9. The largest absolute Gasteiger partial charge is 0.508 e. The summed E-state index contributed by atoms with van der Waals surface area (Å²) in [7, 11) is 0. The van der Waals surface area contributed by atoms with E-state index in [-0.39, 0.29) is 42.3 Å². The molecule has 4 amide bonds. The number of nitrogens with one attached hydrogen (secondary N) is 1. The quantitative estimate of drug-likeness (QED) is 0.197. The van der Waals surface area contributed by atoms with E-state index in [9.17, 15) is 32.7 Å². The van der Waals surface area contributed by atoms with E-state index >= 15 is 4.79 Å². The molecule has 0 radical (unpaired) electrons. The van der Waals surface area contributed by atoms with Crippen LogP contribution in [0, 0.1) is 23.7 Å². The number of halogens is 6. The van der Waals surface area contributed by atoms with Crippen molar-refractivity contribution < 1.29 is 37.5 Å². The number of rotatable bonds is 5. The van der Waals surface area contributed by atoms with Gasteiger partial charge in [0.1, 0.15) is 5.75 Å². The fourth-order valence-electron chi connectivity index (χ4n) is 9.61. The number of phenolic OH excluding ortho intramolecular Hbond substituents is 1. The molecule has 3 aliphatic carbocycles. The van der Waals surface area contributed by atoms with E-state index in [0.717, 1.165) is 37.1 Å². The summed E-state index contributed by atoms with van der Waals surface area (Å²) in [5.74, 6) is -6.82. The third kappa shape index (κ3) is 5.59. The Kier molecular flexibility index (Phi) is 8.93. The van der Waals surface area contributed by atoms with Gasteiger partial charge in [0.25, 0.3) is 11.8 Å². The number of benzene rings is 2. The van der Waals surface area contributed by atoms with Crippen molar-refractivity contribution in [3.63, 3.8) is 0 Å². The monoisotopic (exact) mass is 830 g/mol. The van der Waals surface area contributed by atoms with E-state index in [4.69, 9.17) is 23.2 Å². The first kappa shape index (κ1) is 36.1. The highest BCUT2D eigenvalue weighted by Crippen LogP contribution is 2.65. The van der Waals surface area contributed by atoms with Crippen molar-refractivity contribution in [2.45, 2.75) is 68.5 Å². The van der Waals surface area contributed by atoms with Crippen LogP contribution in [0.4, 0.5) is 19.0 Å². The Balaban J connectivity index is 1.30. The van der Waals surface area contributed by atoms with Gasteiger partial charge in [0.15, 0.2) is 5.82 Å². The number of alkyl halides is 3. The number of fused-ring (bicyclic) bond motifs is 4. The first-order valence-corrected chi connectivity index (χ1v) is 19.0. The Bertz CT molecular complexity index is 2090. The van der Waals surface area contributed by atoms with Gasteiger partial charge in [-0.3, -0.25) is 29.5 Å². The molecule has 4 fully saturated rings. The van der Waals surface area contributed by atoms with Crippen LogP contribution in [0.25, 0.3) is 0 Å². The molecule has 53 heavy (non-hydrogen) atoms. The molecule has 276 valence electrons. The molecule has 3 aromatic rings. The topological polar surface area (TPSA) is 120 Å². The first-order chi connectivity index (χ1) is 25.2. The van der Waals surface area contributed by atoms with Gasteiger partial charge in [-0.2, -0.15) is 18.2 Å². The number of hydrogen-bond acceptors (Lipinski definition) is 7. The van der Waals surface area contributed by atoms with Gasteiger partial charge in [-0.05, 0) is 73.6 Å². The van der Waals surface area contributed by atoms with Crippen LogP contribution in [0.15, 0.2) is 70.8 Å². The van der Waals surface area contributed by atoms with Gasteiger partial charge in [-0.1, -0.05) is 82.2 Å². The van der Waals surface area contributed by atoms with Gasteiger partial charge in [0.2, 0.25) is 11.8 Å². The molecule has 9 nitrogen and oxygen atoms in total. The Morgan fingerprint density at radius 2 is 1.64 bits per heavy atom. The molecule has 2 saturated heterocycles. The van der Waals surface area contributed by atoms with Gasteiger partial charge < -0.3 is 5.11 Å². The van der Waals surface area contributed by atoms with Crippen LogP contribution in [0.1, 0.15) is 67.6 Å². The van der Waals surface area contributed by atoms with Gasteiger partial charge in [-0.25, -0.2) is 4.98 Å². The number of hydrogen-bond donors (Lipinski definition) is 2. The zero-order valence-electron chi connectivity index (χ0n) is 27.9. The Morgan fingerprint density at radius 3 is 2.32 bits per heavy atom. The predicted molar refractivity (Wildman–Crippen MR) is 191 cm³/mol. The number of amides is 4. The second-order valence-electron chi connectivity index (χ2n) is 14.5. The molecule has 1 aromatic heterocycles. The maximum Gasteiger partial charge on any atom is 0.417 e. The molecule has 2 aliphatic heterocycles. The molecule has 5 aliphatic rings. The minimum atomic E-state index is -4.74. The van der Waals surface area contributed by atoms with Crippen molar-refractivity contribution in [2.24, 2.45) is 23.7 Å². The summed E-state index contributed by atoms with van der Waals surface area (Å²) in [6.45, 7) is 0. The average molecular weight is 833 g/mol. The molecule has 6 unspecified atom stereocenters. The predicted octanol–water partition coefficient (Wildman–Crippen LogP) is 8.19. The molecular weight excluding hydrogens is 800 g/mol. The molecule has 3 heterocycles. The summed E-state index contributed by atoms with van der Waals surface area (Å²) in [4.78, 5) is 63.8. The maximum atomic E-state index is 15.3. The zero-order valence-corrected chi connectivity index (χ0v) is 31.0. The summed E-state index contributed by atoms with van der Waals surface area (Å²) in [5.41, 5.74) is 1.09. The highest BCUT2D eigenvalue weighted by atomic mass is 79.9. The van der Waals surface area contributed by atoms with Crippen molar-refractivity contribution in [3.8, 4) is 5.75 Å². The van der Waals surface area contributed by atoms with Crippen molar-refractivity contribution in [1.82, 2.24) is 14.9 Å². The number of aromatic hydroxyl groups is 1. The molecule has 2 aromatic carbocycles. The molecule has 6 atom stereocenters. The molecular formula is C38H32BrCl2F3N4O5. The molecule has 2 saturated carbocycles. The van der Waals surface area contributed by atoms with Crippen LogP contribution in [0.2, 0.25) is 10.0 Å². The molecule has 0 bridgehead atoms. The molecule has 15 heteroatoms. The minimum Gasteiger partial charge on any atom is -0.508 e. The molecule has 0 spiro atoms. The summed E-state index contributed by atoms with van der Waals surface area (Å²) in [6.07, 6.45) is 2.24. The highest BCUT2D eigenvalue weighted by Gasteiger charge is 2.71. The van der Waals surface area contributed by atoms with Crippen LogP contribution < -0.4 is 5.43 Å². The van der Waals surface area contributed by atoms with E-state index in [2.05, 4.69) is 26.3 Å². The minimum absolute atomic E-state index is 0.00462. The Labute approximate surface area is 320 Å². The smallest absolute Gasteiger partial charge is 0.417 e. The lowest BCUT2D eigenvalue weighted by Gasteiger charge is -2.50. The second kappa shape index (κ2) is 13.1. The zero-order chi connectivity index (χ0) is 37.6. The van der Waals surface area contributed by atoms with Crippen molar-refractivity contribution in [3.05, 3.63) is 97.6 Å². The van der Waals surface area contributed by atoms with Gasteiger partial charge in [0.05, 0.1) is 33.8 Å². The number of nitrogens with zero attached hydrogens (tertiary/aromatic N) is 3. The second-order valence-corrected chi connectivity index (χ2v) is 16.2. The number of carbonyl (C=O) groups excluding carboxylic acids is 4. The molecule has 2 N–H and O–H groups in total. The van der Waals surface area contributed by atoms with Crippen molar-refractivity contribution >= 4 is 68.6 Å². The van der Waals surface area contributed by atoms with Crippen LogP contribution in [0.5, 0.6) is 5.75 Å². The number of anilines is 1. The maximum absolute atomic E-state index is 15.3. The van der Waals surface area contributed by atoms with Gasteiger partial charge in [0, 0.05) is 33.2 Å². The number of phenols is 1. The third-order valence-electron chi connectivity index (χ3n) is 11.8. The summed E-state index contributed by atoms with van der Waals surface area (Å²) in [5, 5.41) is 12.2. The van der Waals surface area contributed by atoms with E-state index in [1.807, 2.05) is 6.08 Å². The lowest BCUT2D eigenvalue weighted by Crippen LogP contribution is -2.53. The summed E-state index contributed by atoms with van der Waals surface area (Å²) in [6, 6.07) is 11.7. The number of imide groups is 2. The Morgan fingerprint density at radius 1 is 0.925 bits per heavy atom. The first-order valence-electron chi connectivity index (χ1n) is 17.4. The van der Waals surface area contributed by atoms with Gasteiger partial charge >= 0.3 is 6.18 Å². The van der Waals surface area contributed by atoms with Crippen LogP contribution >= 0.6 is 39.1 Å². The van der Waals surface area contributed by atoms with E-state index < -0.39 is 63.6 Å². The van der Waals surface area contributed by atoms with Crippen LogP contribution in [0.3, 0.4) is 0 Å². The number of allylic oxidation sites excluding steroid dienone is 2. The number of carbonyl (C=O) groups is 4. The van der Waals surface area contributed by atoms with E-state index in [1.54, 1.807) is 36.4 Å². The average Bonchev–Trinajstić information content (AvgIpc) is 3.51. The Hall–Kier alpha value is -3.94. The van der Waals surface area contributed by atoms with E-state index in [0.29, 0.717) is 38.5 Å². The lowest BCUT2D eigenvalue weighted by atomic mass is 9.49. The summed E-state index contributed by atoms with van der Waals surface area (Å²) < 4.78 is 40.9. The van der Waals surface area contributed by atoms with Crippen molar-refractivity contribution in [1.29, 1.82) is 0 Å². The third-order valence-corrected chi connectivity index (χ3v) is 12.9. The van der Waals surface area contributed by atoms with E-state index in [1.165, 1.54) is 11.0 Å². The number of pyridine rings is 1. The lowest BCUT2D eigenvalue weighted by molar-refractivity contribution is -0.144. The van der Waals surface area contributed by atoms with Crippen LogP contribution in [-0.4, -0.2) is 49.7 Å². The summed E-state index contributed by atoms with van der Waals surface area (Å²) >= 11 is 16.1. The van der Waals surface area contributed by atoms with Gasteiger partial charge in [-0.15, -0.1) is 0 Å². The number of aromatic nitrogens is 1. The number of likely N-dealkylation sites (tertiary alicyclic amines) is 1. The van der Waals surface area contributed by atoms with Crippen LogP contribution in [-0.2, 0) is 30.8 Å².